The zero-order chi connectivity index (χ0) is 23.8. The molecule has 0 aromatic heterocycles. The zero-order valence-electron chi connectivity index (χ0n) is 19.9. The van der Waals surface area contributed by atoms with E-state index in [0.717, 1.165) is 21.9 Å². The molecule has 1 fully saturated rings. The molecule has 174 valence electrons. The summed E-state index contributed by atoms with van der Waals surface area (Å²) in [5.41, 5.74) is 4.16. The van der Waals surface area contributed by atoms with Crippen LogP contribution in [-0.2, 0) is 17.8 Å². The van der Waals surface area contributed by atoms with E-state index in [1.54, 1.807) is 4.90 Å². The summed E-state index contributed by atoms with van der Waals surface area (Å²) in [6.45, 7) is 14.1. The smallest absolute Gasteiger partial charge is 0.266 e. The third-order valence-electron chi connectivity index (χ3n) is 5.08. The van der Waals surface area contributed by atoms with Crippen molar-refractivity contribution in [3.05, 3.63) is 76.2 Å². The lowest BCUT2D eigenvalue weighted by molar-refractivity contribution is -0.122. The molecule has 3 rings (SSSR count). The number of ether oxygens (including phenoxy) is 2. The number of carbonyl (C=O) groups excluding carboxylic acids is 1. The Hall–Kier alpha value is -2.99. The number of allylic oxidation sites excluding steroid dienone is 1. The molecular weight excluding hydrogens is 432 g/mol. The lowest BCUT2D eigenvalue weighted by atomic mass is 10.0. The maximum atomic E-state index is 12.9. The molecule has 2 aromatic carbocycles. The summed E-state index contributed by atoms with van der Waals surface area (Å²) in [5, 5.41) is 0.755. The molecule has 0 saturated carbocycles. The van der Waals surface area contributed by atoms with Gasteiger partial charge in [0.1, 0.15) is 6.61 Å². The highest BCUT2D eigenvalue weighted by Gasteiger charge is 2.32. The second-order valence-corrected chi connectivity index (χ2v) is 8.64. The van der Waals surface area contributed by atoms with Gasteiger partial charge in [-0.2, -0.15) is 0 Å². The summed E-state index contributed by atoms with van der Waals surface area (Å²) in [5.74, 6) is 1.37. The minimum atomic E-state index is -0.0160. The van der Waals surface area contributed by atoms with Gasteiger partial charge in [-0.3, -0.25) is 14.7 Å². The van der Waals surface area contributed by atoms with Crippen molar-refractivity contribution in [1.82, 2.24) is 4.90 Å². The predicted octanol–water partition coefficient (Wildman–Crippen LogP) is 6.01. The molecule has 0 atom stereocenters. The van der Waals surface area contributed by atoms with E-state index in [4.69, 9.17) is 9.47 Å². The van der Waals surface area contributed by atoms with Crippen LogP contribution in [0.5, 0.6) is 11.5 Å². The number of thioether (sulfide) groups is 1. The van der Waals surface area contributed by atoms with Crippen LogP contribution in [-0.4, -0.2) is 35.7 Å². The van der Waals surface area contributed by atoms with Crippen LogP contribution in [0.2, 0.25) is 0 Å². The van der Waals surface area contributed by atoms with Gasteiger partial charge in [0, 0.05) is 18.7 Å². The number of nitrogens with zero attached hydrogens (tertiary/aromatic N) is 2. The van der Waals surface area contributed by atoms with Crippen LogP contribution < -0.4 is 9.47 Å². The molecule has 0 aliphatic carbocycles. The maximum Gasteiger partial charge on any atom is 0.266 e. The van der Waals surface area contributed by atoms with E-state index in [9.17, 15) is 4.79 Å². The van der Waals surface area contributed by atoms with Crippen molar-refractivity contribution in [2.75, 3.05) is 19.7 Å². The van der Waals surface area contributed by atoms with Gasteiger partial charge < -0.3 is 9.47 Å². The molecule has 0 radical (unpaired) electrons. The second-order valence-electron chi connectivity index (χ2n) is 7.63. The van der Waals surface area contributed by atoms with Crippen LogP contribution in [0.1, 0.15) is 43.0 Å². The molecule has 5 nitrogen and oxygen atoms in total. The van der Waals surface area contributed by atoms with Gasteiger partial charge in [-0.25, -0.2) is 0 Å². The number of amidine groups is 1. The first kappa shape index (κ1) is 24.6. The van der Waals surface area contributed by atoms with Crippen LogP contribution in [0.4, 0.5) is 0 Å². The van der Waals surface area contributed by atoms with Crippen molar-refractivity contribution in [3.8, 4) is 11.5 Å². The first-order chi connectivity index (χ1) is 16.0. The standard InChI is InChI=1S/C27H32N2O3S/c1-6-11-22-15-21(17-24-26(30)29(8-3)27(33-24)28-7-2)16-23(31-9-4)25(22)32-18-20-13-10-12-19(5)14-20/h6,10,12-17H,1,7-9,11,18H2,2-5H3/b24-17-,28-27?. The van der Waals surface area contributed by atoms with Gasteiger partial charge in [-0.1, -0.05) is 35.9 Å². The van der Waals surface area contributed by atoms with Crippen molar-refractivity contribution in [1.29, 1.82) is 0 Å². The third kappa shape index (κ3) is 6.08. The number of benzene rings is 2. The Morgan fingerprint density at radius 1 is 1.15 bits per heavy atom. The fourth-order valence-electron chi connectivity index (χ4n) is 3.65. The lowest BCUT2D eigenvalue weighted by Gasteiger charge is -2.17. The van der Waals surface area contributed by atoms with Crippen molar-refractivity contribution in [2.24, 2.45) is 4.99 Å². The number of likely N-dealkylation sites (N-methyl/N-ethyl adjacent to an activating group) is 1. The summed E-state index contributed by atoms with van der Waals surface area (Å²) in [6.07, 6.45) is 4.39. The molecule has 33 heavy (non-hydrogen) atoms. The van der Waals surface area contributed by atoms with E-state index in [1.807, 2.05) is 51.1 Å². The van der Waals surface area contributed by atoms with Crippen LogP contribution in [0.15, 0.2) is 59.0 Å². The molecule has 0 bridgehead atoms. The minimum absolute atomic E-state index is 0.0160. The Morgan fingerprint density at radius 2 is 1.97 bits per heavy atom. The lowest BCUT2D eigenvalue weighted by Crippen LogP contribution is -2.28. The maximum absolute atomic E-state index is 12.9. The van der Waals surface area contributed by atoms with Crippen LogP contribution >= 0.6 is 11.8 Å². The summed E-state index contributed by atoms with van der Waals surface area (Å²) in [6, 6.07) is 12.2. The summed E-state index contributed by atoms with van der Waals surface area (Å²) in [7, 11) is 0. The molecule has 0 unspecified atom stereocenters. The van der Waals surface area contributed by atoms with Gasteiger partial charge in [0.2, 0.25) is 0 Å². The van der Waals surface area contributed by atoms with E-state index < -0.39 is 0 Å². The van der Waals surface area contributed by atoms with Crippen molar-refractivity contribution in [2.45, 2.75) is 40.7 Å². The van der Waals surface area contributed by atoms with Crippen molar-refractivity contribution < 1.29 is 14.3 Å². The van der Waals surface area contributed by atoms with E-state index in [0.29, 0.717) is 49.1 Å². The average Bonchev–Trinajstić information content (AvgIpc) is 3.08. The third-order valence-corrected chi connectivity index (χ3v) is 6.12. The fraction of sp³-hybridized carbons (Fsp3) is 0.333. The normalized spacial score (nSPS) is 16.0. The molecule has 1 aliphatic heterocycles. The molecule has 1 saturated heterocycles. The van der Waals surface area contributed by atoms with Crippen molar-refractivity contribution >= 4 is 28.9 Å². The summed E-state index contributed by atoms with van der Waals surface area (Å²) >= 11 is 1.42. The average molecular weight is 465 g/mol. The number of carbonyl (C=O) groups is 1. The van der Waals surface area contributed by atoms with E-state index >= 15 is 0 Å². The van der Waals surface area contributed by atoms with E-state index in [1.165, 1.54) is 17.3 Å². The van der Waals surface area contributed by atoms with Crippen molar-refractivity contribution in [3.63, 3.8) is 0 Å². The highest BCUT2D eigenvalue weighted by Crippen LogP contribution is 2.37. The van der Waals surface area contributed by atoms with Crippen LogP contribution in [0.25, 0.3) is 6.08 Å². The van der Waals surface area contributed by atoms with E-state index in [-0.39, 0.29) is 5.91 Å². The fourth-order valence-corrected chi connectivity index (χ4v) is 4.75. The van der Waals surface area contributed by atoms with Gasteiger partial charge in [-0.15, -0.1) is 6.58 Å². The highest BCUT2D eigenvalue weighted by atomic mass is 32.2. The number of rotatable bonds is 10. The Labute approximate surface area is 201 Å². The van der Waals surface area contributed by atoms with Gasteiger partial charge in [0.25, 0.3) is 5.91 Å². The molecule has 6 heteroatoms. The Bertz CT molecular complexity index is 1080. The molecule has 0 N–H and O–H groups in total. The largest absolute Gasteiger partial charge is 0.490 e. The number of amides is 1. The molecule has 1 amide bonds. The number of aliphatic imine (C=N–C) groups is 1. The van der Waals surface area contributed by atoms with E-state index in [2.05, 4.69) is 36.7 Å². The van der Waals surface area contributed by atoms with Gasteiger partial charge in [0.05, 0.1) is 11.5 Å². The molecule has 1 heterocycles. The SMILES string of the molecule is C=CCc1cc(/C=C2\SC(=NCC)N(CC)C2=O)cc(OCC)c1OCc1cccc(C)c1. The Morgan fingerprint density at radius 3 is 2.64 bits per heavy atom. The second kappa shape index (κ2) is 11.8. The quantitative estimate of drug-likeness (QED) is 0.319. The molecule has 0 spiro atoms. The molecule has 1 aliphatic rings. The van der Waals surface area contributed by atoms with Crippen LogP contribution in [0.3, 0.4) is 0 Å². The van der Waals surface area contributed by atoms with Gasteiger partial charge in [0.15, 0.2) is 16.7 Å². The van der Waals surface area contributed by atoms with Gasteiger partial charge in [-0.05, 0) is 75.2 Å². The summed E-state index contributed by atoms with van der Waals surface area (Å²) < 4.78 is 12.2. The monoisotopic (exact) mass is 464 g/mol. The molecular formula is C27H32N2O3S. The minimum Gasteiger partial charge on any atom is -0.490 e. The molecule has 2 aromatic rings. The topological polar surface area (TPSA) is 51.1 Å². The predicted molar refractivity (Wildman–Crippen MR) is 138 cm³/mol. The first-order valence-electron chi connectivity index (χ1n) is 11.3. The number of aryl methyl sites for hydroxylation is 1. The van der Waals surface area contributed by atoms with Crippen LogP contribution in [0, 0.1) is 6.92 Å². The Kier molecular flexibility index (Phi) is 8.78. The Balaban J connectivity index is 1.97. The van der Waals surface area contributed by atoms with Gasteiger partial charge >= 0.3 is 0 Å². The zero-order valence-corrected chi connectivity index (χ0v) is 20.7. The number of hydrogen-bond donors (Lipinski definition) is 0. The summed E-state index contributed by atoms with van der Waals surface area (Å²) in [4.78, 5) is 19.7. The highest BCUT2D eigenvalue weighted by molar-refractivity contribution is 8.18. The first-order valence-corrected chi connectivity index (χ1v) is 12.2. The number of hydrogen-bond acceptors (Lipinski definition) is 5.